The quantitative estimate of drug-likeness (QED) is 0.437. The van der Waals surface area contributed by atoms with Crippen molar-refractivity contribution in [2.45, 2.75) is 11.3 Å². The number of carbonyl (C=O) groups is 2. The molecule has 28 heavy (non-hydrogen) atoms. The lowest BCUT2D eigenvalue weighted by molar-refractivity contribution is -0.124. The van der Waals surface area contributed by atoms with Crippen molar-refractivity contribution in [3.05, 3.63) is 57.6 Å². The van der Waals surface area contributed by atoms with Crippen LogP contribution in [-0.2, 0) is 26.0 Å². The number of amides is 1. The summed E-state index contributed by atoms with van der Waals surface area (Å²) in [6.07, 6.45) is 0.446. The molecule has 0 radical (unpaired) electrons. The van der Waals surface area contributed by atoms with Crippen molar-refractivity contribution < 1.29 is 22.7 Å². The van der Waals surface area contributed by atoms with E-state index in [2.05, 4.69) is 5.32 Å². The maximum absolute atomic E-state index is 12.0. The van der Waals surface area contributed by atoms with Gasteiger partial charge < -0.3 is 15.8 Å². The molecular weight excluding hydrogens is 429 g/mol. The summed E-state index contributed by atoms with van der Waals surface area (Å²) in [5.41, 5.74) is 6.49. The van der Waals surface area contributed by atoms with E-state index in [1.54, 1.807) is 12.1 Å². The lowest BCUT2D eigenvalue weighted by Gasteiger charge is -2.09. The van der Waals surface area contributed by atoms with Gasteiger partial charge in [0, 0.05) is 11.6 Å². The Morgan fingerprint density at radius 2 is 1.75 bits per heavy atom. The second-order valence-electron chi connectivity index (χ2n) is 5.71. The predicted molar refractivity (Wildman–Crippen MR) is 106 cm³/mol. The largest absolute Gasteiger partial charge is 0.452 e. The molecule has 0 aromatic heterocycles. The number of hydrogen-bond acceptors (Lipinski definition) is 6. The normalized spacial score (nSPS) is 11.1. The summed E-state index contributed by atoms with van der Waals surface area (Å²) < 4.78 is 27.3. The van der Waals surface area contributed by atoms with Crippen LogP contribution in [0.1, 0.15) is 15.9 Å². The van der Waals surface area contributed by atoms with Crippen molar-refractivity contribution in [1.82, 2.24) is 5.32 Å². The van der Waals surface area contributed by atoms with Crippen molar-refractivity contribution in [3.63, 3.8) is 0 Å². The van der Waals surface area contributed by atoms with Gasteiger partial charge in [0.1, 0.15) is 0 Å². The zero-order valence-electron chi connectivity index (χ0n) is 14.4. The van der Waals surface area contributed by atoms with Crippen LogP contribution in [-0.4, -0.2) is 33.4 Å². The number of nitrogens with two attached hydrogens (primary N) is 2. The first-order valence-corrected chi connectivity index (χ1v) is 10.2. The molecule has 0 heterocycles. The van der Waals surface area contributed by atoms with Gasteiger partial charge in [-0.2, -0.15) is 0 Å². The van der Waals surface area contributed by atoms with Crippen LogP contribution >= 0.6 is 23.2 Å². The van der Waals surface area contributed by atoms with E-state index >= 15 is 0 Å². The van der Waals surface area contributed by atoms with E-state index in [0.717, 1.165) is 5.56 Å². The molecule has 0 bridgehead atoms. The van der Waals surface area contributed by atoms with Crippen molar-refractivity contribution >= 4 is 50.8 Å². The molecular formula is C17H17Cl2N3O5S. The van der Waals surface area contributed by atoms with Gasteiger partial charge in [-0.1, -0.05) is 35.3 Å². The summed E-state index contributed by atoms with van der Waals surface area (Å²) in [6.45, 7) is -0.247. The fraction of sp³-hybridized carbons (Fsp3) is 0.176. The van der Waals surface area contributed by atoms with E-state index < -0.39 is 28.5 Å². The van der Waals surface area contributed by atoms with Gasteiger partial charge in [-0.25, -0.2) is 18.4 Å². The molecule has 0 aliphatic heterocycles. The third kappa shape index (κ3) is 6.10. The molecule has 8 nitrogen and oxygen atoms in total. The number of nitrogens with one attached hydrogen (secondary N) is 1. The minimum Gasteiger partial charge on any atom is -0.452 e. The number of anilines is 1. The molecule has 0 spiro atoms. The second kappa shape index (κ2) is 9.24. The molecule has 0 saturated heterocycles. The van der Waals surface area contributed by atoms with E-state index in [0.29, 0.717) is 6.42 Å². The van der Waals surface area contributed by atoms with Crippen molar-refractivity contribution in [1.29, 1.82) is 0 Å². The Hall–Kier alpha value is -2.33. The van der Waals surface area contributed by atoms with Crippen LogP contribution in [0.4, 0.5) is 5.69 Å². The molecule has 2 aromatic carbocycles. The molecule has 0 aliphatic rings. The third-order valence-corrected chi connectivity index (χ3v) is 5.10. The summed E-state index contributed by atoms with van der Waals surface area (Å²) in [6, 6.07) is 8.64. The molecule has 1 amide bonds. The summed E-state index contributed by atoms with van der Waals surface area (Å²) >= 11 is 11.7. The molecule has 0 aliphatic carbocycles. The molecule has 0 unspecified atom stereocenters. The van der Waals surface area contributed by atoms with E-state index in [-0.39, 0.29) is 32.7 Å². The molecule has 2 aromatic rings. The highest BCUT2D eigenvalue weighted by Gasteiger charge is 2.16. The van der Waals surface area contributed by atoms with Crippen molar-refractivity contribution in [3.8, 4) is 0 Å². The molecule has 150 valence electrons. The first-order valence-electron chi connectivity index (χ1n) is 7.88. The van der Waals surface area contributed by atoms with Gasteiger partial charge in [0.2, 0.25) is 10.0 Å². The van der Waals surface area contributed by atoms with E-state index in [1.807, 2.05) is 0 Å². The monoisotopic (exact) mass is 445 g/mol. The first-order chi connectivity index (χ1) is 13.1. The Kier molecular flexibility index (Phi) is 7.25. The zero-order valence-corrected chi connectivity index (χ0v) is 16.8. The fourth-order valence-electron chi connectivity index (χ4n) is 2.21. The third-order valence-electron chi connectivity index (χ3n) is 3.64. The number of rotatable bonds is 7. The van der Waals surface area contributed by atoms with Gasteiger partial charge in [-0.3, -0.25) is 4.79 Å². The highest BCUT2D eigenvalue weighted by atomic mass is 35.5. The number of halogens is 2. The topological polar surface area (TPSA) is 142 Å². The first kappa shape index (κ1) is 22.0. The molecule has 11 heteroatoms. The number of carbonyl (C=O) groups excluding carboxylic acids is 2. The molecule has 2 rings (SSSR count). The van der Waals surface area contributed by atoms with Crippen LogP contribution in [0.2, 0.25) is 10.0 Å². The number of esters is 1. The summed E-state index contributed by atoms with van der Waals surface area (Å²) in [7, 11) is -3.74. The lowest BCUT2D eigenvalue weighted by Crippen LogP contribution is -2.30. The number of benzene rings is 2. The van der Waals surface area contributed by atoms with Gasteiger partial charge in [-0.05, 0) is 36.2 Å². The Morgan fingerprint density at radius 1 is 1.11 bits per heavy atom. The van der Waals surface area contributed by atoms with Gasteiger partial charge in [0.05, 0.1) is 21.2 Å². The number of ether oxygens (including phenoxy) is 1. The predicted octanol–water partition coefficient (Wildman–Crippen LogP) is 1.74. The van der Waals surface area contributed by atoms with E-state index in [1.165, 1.54) is 24.3 Å². The van der Waals surface area contributed by atoms with Gasteiger partial charge in [0.15, 0.2) is 6.61 Å². The lowest BCUT2D eigenvalue weighted by atomic mass is 10.1. The molecule has 0 atom stereocenters. The highest BCUT2D eigenvalue weighted by molar-refractivity contribution is 7.89. The zero-order chi connectivity index (χ0) is 20.9. The average Bonchev–Trinajstić information content (AvgIpc) is 2.62. The van der Waals surface area contributed by atoms with E-state index in [4.69, 9.17) is 38.8 Å². The van der Waals surface area contributed by atoms with Crippen molar-refractivity contribution in [2.75, 3.05) is 18.9 Å². The number of primary sulfonamides is 1. The summed E-state index contributed by atoms with van der Waals surface area (Å²) in [4.78, 5) is 23.8. The van der Waals surface area contributed by atoms with Gasteiger partial charge >= 0.3 is 5.97 Å². The maximum atomic E-state index is 12.0. The Morgan fingerprint density at radius 3 is 2.36 bits per heavy atom. The van der Waals surface area contributed by atoms with Crippen LogP contribution in [0.25, 0.3) is 0 Å². The fourth-order valence-corrected chi connectivity index (χ4v) is 3.21. The van der Waals surface area contributed by atoms with Gasteiger partial charge in [-0.15, -0.1) is 0 Å². The second-order valence-corrected chi connectivity index (χ2v) is 8.12. The SMILES string of the molecule is Nc1c(Cl)cc(Cl)cc1C(=O)OCC(=O)NCCc1ccc(S(N)(=O)=O)cc1. The minimum absolute atomic E-state index is 0.00703. The standard InChI is InChI=1S/C17H17Cl2N3O5S/c18-11-7-13(16(20)14(19)8-11)17(24)27-9-15(23)22-6-5-10-1-3-12(4-2-10)28(21,25)26/h1-4,7-8H,5-6,9,20H2,(H,22,23)(H2,21,25,26). The van der Waals surface area contributed by atoms with Crippen LogP contribution in [0, 0.1) is 0 Å². The Balaban J connectivity index is 1.81. The Labute approximate surface area is 171 Å². The van der Waals surface area contributed by atoms with E-state index in [9.17, 15) is 18.0 Å². The van der Waals surface area contributed by atoms with Crippen LogP contribution in [0.3, 0.4) is 0 Å². The van der Waals surface area contributed by atoms with Gasteiger partial charge in [0.25, 0.3) is 5.91 Å². The number of nitrogen functional groups attached to an aromatic ring is 1. The smallest absolute Gasteiger partial charge is 0.340 e. The number of sulfonamides is 1. The number of hydrogen-bond donors (Lipinski definition) is 3. The average molecular weight is 446 g/mol. The summed E-state index contributed by atoms with van der Waals surface area (Å²) in [5.74, 6) is -1.34. The van der Waals surface area contributed by atoms with Crippen LogP contribution in [0.5, 0.6) is 0 Å². The molecule has 5 N–H and O–H groups in total. The Bertz CT molecular complexity index is 995. The van der Waals surface area contributed by atoms with Crippen LogP contribution < -0.4 is 16.2 Å². The molecule has 0 saturated carbocycles. The van der Waals surface area contributed by atoms with Crippen LogP contribution in [0.15, 0.2) is 41.3 Å². The molecule has 0 fully saturated rings. The highest BCUT2D eigenvalue weighted by Crippen LogP contribution is 2.27. The van der Waals surface area contributed by atoms with Crippen molar-refractivity contribution in [2.24, 2.45) is 5.14 Å². The summed E-state index contributed by atoms with van der Waals surface area (Å²) in [5, 5.41) is 7.92. The minimum atomic E-state index is -3.74. The maximum Gasteiger partial charge on any atom is 0.340 e.